The highest BCUT2D eigenvalue weighted by molar-refractivity contribution is 7.68. The van der Waals surface area contributed by atoms with Crippen LogP contribution in [0.15, 0.2) is 24.3 Å². The van der Waals surface area contributed by atoms with E-state index in [9.17, 15) is 0 Å². The first-order valence-corrected chi connectivity index (χ1v) is 8.59. The van der Waals surface area contributed by atoms with E-state index in [2.05, 4.69) is 86.6 Å². The molecule has 1 aromatic carbocycles. The maximum Gasteiger partial charge on any atom is -0.0126 e. The summed E-state index contributed by atoms with van der Waals surface area (Å²) in [5.74, 6) is 0. The van der Waals surface area contributed by atoms with Gasteiger partial charge in [0.05, 0.1) is 0 Å². The highest BCUT2D eigenvalue weighted by Gasteiger charge is 2.37. The van der Waals surface area contributed by atoms with E-state index in [-0.39, 0.29) is 13.3 Å². The Morgan fingerprint density at radius 3 is 1.47 bits per heavy atom. The molecule has 0 bridgehead atoms. The van der Waals surface area contributed by atoms with Crippen LogP contribution in [0.1, 0.15) is 67.9 Å². The Labute approximate surface area is 121 Å². The summed E-state index contributed by atoms with van der Waals surface area (Å²) in [6.07, 6.45) is 0. The molecule has 0 radical (unpaired) electrons. The first-order valence-electron chi connectivity index (χ1n) is 7.25. The molecular weight excluding hydrogens is 247 g/mol. The van der Waals surface area contributed by atoms with Gasteiger partial charge in [-0.25, -0.2) is 0 Å². The summed E-state index contributed by atoms with van der Waals surface area (Å²) in [6.45, 7) is 21.3. The van der Waals surface area contributed by atoms with Gasteiger partial charge in [0.2, 0.25) is 0 Å². The monoisotopic (exact) mass is 278 g/mol. The molecule has 0 aliphatic rings. The normalized spacial score (nSPS) is 14.0. The van der Waals surface area contributed by atoms with Crippen LogP contribution in [0, 0.1) is 0 Å². The molecule has 0 nitrogen and oxygen atoms in total. The predicted molar refractivity (Wildman–Crippen MR) is 91.2 cm³/mol. The molecule has 1 heteroatoms. The third-order valence-electron chi connectivity index (χ3n) is 3.29. The van der Waals surface area contributed by atoms with E-state index in [1.807, 2.05) is 0 Å². The molecule has 0 heterocycles. The van der Waals surface area contributed by atoms with Crippen molar-refractivity contribution in [1.29, 1.82) is 0 Å². The third-order valence-corrected chi connectivity index (χ3v) is 6.85. The molecule has 19 heavy (non-hydrogen) atoms. The van der Waals surface area contributed by atoms with Crippen molar-refractivity contribution >= 4 is 13.2 Å². The summed E-state index contributed by atoms with van der Waals surface area (Å²) < 4.78 is 0. The van der Waals surface area contributed by atoms with Crippen molar-refractivity contribution in [2.45, 2.75) is 78.0 Å². The molecule has 0 fully saturated rings. The highest BCUT2D eigenvalue weighted by atomic mass is 31.1. The van der Waals surface area contributed by atoms with Crippen LogP contribution in [0.3, 0.4) is 0 Å². The fourth-order valence-electron chi connectivity index (χ4n) is 3.03. The summed E-state index contributed by atoms with van der Waals surface area (Å²) >= 11 is 0. The lowest BCUT2D eigenvalue weighted by Crippen LogP contribution is -2.34. The molecule has 0 saturated heterocycles. The van der Waals surface area contributed by atoms with Gasteiger partial charge in [-0.3, -0.25) is 0 Å². The first kappa shape index (κ1) is 16.7. The first-order chi connectivity index (χ1) is 8.35. The van der Waals surface area contributed by atoms with E-state index in [1.54, 1.807) is 5.30 Å². The van der Waals surface area contributed by atoms with Crippen LogP contribution in [0.25, 0.3) is 0 Å². The zero-order chi connectivity index (χ0) is 15.1. The lowest BCUT2D eigenvalue weighted by molar-refractivity contribution is 0.593. The standard InChI is InChI=1S/C18H31P/c1-16(2,3)14-12-10-11-13-15(14)19(17(4,5)6)18(7,8)9/h10-13H,1-9H3. The summed E-state index contributed by atoms with van der Waals surface area (Å²) in [6, 6.07) is 9.07. The van der Waals surface area contributed by atoms with Crippen molar-refractivity contribution in [3.63, 3.8) is 0 Å². The summed E-state index contributed by atoms with van der Waals surface area (Å²) in [4.78, 5) is 0. The molecule has 0 aliphatic carbocycles. The van der Waals surface area contributed by atoms with Gasteiger partial charge in [0.15, 0.2) is 0 Å². The molecule has 0 N–H and O–H groups in total. The maximum atomic E-state index is 2.39. The van der Waals surface area contributed by atoms with E-state index >= 15 is 0 Å². The molecular formula is C18H31P. The molecule has 0 saturated carbocycles. The van der Waals surface area contributed by atoms with E-state index in [4.69, 9.17) is 0 Å². The Hall–Kier alpha value is -0.350. The Kier molecular flexibility index (Phi) is 4.58. The van der Waals surface area contributed by atoms with Gasteiger partial charge >= 0.3 is 0 Å². The van der Waals surface area contributed by atoms with Crippen LogP contribution in [0.2, 0.25) is 0 Å². The summed E-state index contributed by atoms with van der Waals surface area (Å²) in [5.41, 5.74) is 1.74. The second-order valence-corrected chi connectivity index (χ2v) is 12.3. The van der Waals surface area contributed by atoms with Gasteiger partial charge in [0.25, 0.3) is 0 Å². The van der Waals surface area contributed by atoms with Gasteiger partial charge in [-0.2, -0.15) is 0 Å². The van der Waals surface area contributed by atoms with E-state index in [0.29, 0.717) is 10.3 Å². The van der Waals surface area contributed by atoms with Crippen molar-refractivity contribution in [3.8, 4) is 0 Å². The number of hydrogen-bond acceptors (Lipinski definition) is 0. The van der Waals surface area contributed by atoms with Crippen molar-refractivity contribution in [2.24, 2.45) is 0 Å². The summed E-state index contributed by atoms with van der Waals surface area (Å²) in [7, 11) is -0.223. The smallest absolute Gasteiger partial charge is 0.0126 e. The molecule has 0 aliphatic heterocycles. The van der Waals surface area contributed by atoms with Crippen molar-refractivity contribution < 1.29 is 0 Å². The minimum atomic E-state index is -0.223. The molecule has 1 aromatic rings. The second-order valence-electron chi connectivity index (χ2n) is 8.44. The maximum absolute atomic E-state index is 2.39. The Morgan fingerprint density at radius 1 is 0.684 bits per heavy atom. The predicted octanol–water partition coefficient (Wildman–Crippen LogP) is 5.69. The third kappa shape index (κ3) is 4.06. The molecule has 0 amide bonds. The topological polar surface area (TPSA) is 0 Å². The highest BCUT2D eigenvalue weighted by Crippen LogP contribution is 2.59. The zero-order valence-corrected chi connectivity index (χ0v) is 15.2. The number of hydrogen-bond donors (Lipinski definition) is 0. The molecule has 0 aromatic heterocycles. The molecule has 0 spiro atoms. The zero-order valence-electron chi connectivity index (χ0n) is 14.3. The molecule has 1 rings (SSSR count). The van der Waals surface area contributed by atoms with E-state index in [0.717, 1.165) is 0 Å². The van der Waals surface area contributed by atoms with Gasteiger partial charge in [-0.1, -0.05) is 94.5 Å². The Morgan fingerprint density at radius 2 is 1.11 bits per heavy atom. The lowest BCUT2D eigenvalue weighted by atomic mass is 9.87. The van der Waals surface area contributed by atoms with E-state index in [1.165, 1.54) is 5.56 Å². The molecule has 0 unspecified atom stereocenters. The minimum absolute atomic E-state index is 0.216. The average Bonchev–Trinajstić information content (AvgIpc) is 2.11. The van der Waals surface area contributed by atoms with Crippen LogP contribution in [-0.4, -0.2) is 10.3 Å². The van der Waals surface area contributed by atoms with Gasteiger partial charge < -0.3 is 0 Å². The van der Waals surface area contributed by atoms with Crippen LogP contribution < -0.4 is 5.30 Å². The largest absolute Gasteiger partial charge is 0.0640 e. The second kappa shape index (κ2) is 5.21. The van der Waals surface area contributed by atoms with Gasteiger partial charge in [-0.05, 0) is 26.6 Å². The van der Waals surface area contributed by atoms with Crippen molar-refractivity contribution in [2.75, 3.05) is 0 Å². The van der Waals surface area contributed by atoms with Crippen LogP contribution in [0.5, 0.6) is 0 Å². The van der Waals surface area contributed by atoms with Crippen LogP contribution >= 0.6 is 7.92 Å². The minimum Gasteiger partial charge on any atom is -0.0640 e. The number of benzene rings is 1. The van der Waals surface area contributed by atoms with E-state index < -0.39 is 0 Å². The van der Waals surface area contributed by atoms with Crippen molar-refractivity contribution in [3.05, 3.63) is 29.8 Å². The van der Waals surface area contributed by atoms with Crippen molar-refractivity contribution in [1.82, 2.24) is 0 Å². The van der Waals surface area contributed by atoms with Gasteiger partial charge in [-0.15, -0.1) is 0 Å². The fourth-order valence-corrected chi connectivity index (χ4v) is 7.38. The van der Waals surface area contributed by atoms with Gasteiger partial charge in [0.1, 0.15) is 0 Å². The average molecular weight is 278 g/mol. The molecule has 108 valence electrons. The summed E-state index contributed by atoms with van der Waals surface area (Å²) in [5, 5.41) is 2.24. The Balaban J connectivity index is 3.50. The van der Waals surface area contributed by atoms with Crippen LogP contribution in [-0.2, 0) is 5.41 Å². The molecule has 0 atom stereocenters. The quantitative estimate of drug-likeness (QED) is 0.579. The number of rotatable bonds is 1. The lowest BCUT2D eigenvalue weighted by Gasteiger charge is -2.44. The Bertz CT molecular complexity index is 410. The fraction of sp³-hybridized carbons (Fsp3) is 0.667. The van der Waals surface area contributed by atoms with Gasteiger partial charge in [0, 0.05) is 0 Å². The van der Waals surface area contributed by atoms with Crippen LogP contribution in [0.4, 0.5) is 0 Å². The SMILES string of the molecule is CC(C)(C)c1ccccc1P(C(C)(C)C)C(C)(C)C.